The van der Waals surface area contributed by atoms with Crippen LogP contribution in [0, 0.1) is 11.6 Å². The molecule has 1 fully saturated rings. The predicted molar refractivity (Wildman–Crippen MR) is 90.4 cm³/mol. The summed E-state index contributed by atoms with van der Waals surface area (Å²) in [7, 11) is 0. The Morgan fingerprint density at radius 2 is 2.15 bits per heavy atom. The van der Waals surface area contributed by atoms with E-state index in [1.807, 2.05) is 0 Å². The van der Waals surface area contributed by atoms with Crippen molar-refractivity contribution in [3.63, 3.8) is 0 Å². The molecule has 2 rings (SSSR count). The molecule has 1 aliphatic heterocycles. The number of benzene rings is 1. The second-order valence-electron chi connectivity index (χ2n) is 6.23. The third-order valence-electron chi connectivity index (χ3n) is 4.27. The van der Waals surface area contributed by atoms with E-state index < -0.39 is 42.5 Å². The summed E-state index contributed by atoms with van der Waals surface area (Å²) in [6.07, 6.45) is 1.48. The number of ether oxygens (including phenoxy) is 1. The highest BCUT2D eigenvalue weighted by Crippen LogP contribution is 2.23. The number of aliphatic hydroxyl groups excluding tert-OH is 2. The highest BCUT2D eigenvalue weighted by Gasteiger charge is 2.35. The van der Waals surface area contributed by atoms with E-state index in [0.717, 1.165) is 18.2 Å². The van der Waals surface area contributed by atoms with Crippen LogP contribution in [0.25, 0.3) is 6.08 Å². The number of nitrogens with one attached hydrogen (secondary N) is 1. The van der Waals surface area contributed by atoms with Gasteiger partial charge in [-0.1, -0.05) is 12.2 Å². The molecule has 4 atom stereocenters. The van der Waals surface area contributed by atoms with E-state index >= 15 is 0 Å². The van der Waals surface area contributed by atoms with E-state index in [2.05, 4.69) is 5.32 Å². The van der Waals surface area contributed by atoms with Crippen LogP contribution in [-0.2, 0) is 9.53 Å². The average molecular weight is 371 g/mol. The summed E-state index contributed by atoms with van der Waals surface area (Å²) < 4.78 is 32.2. The molecule has 26 heavy (non-hydrogen) atoms. The van der Waals surface area contributed by atoms with Gasteiger partial charge in [0.1, 0.15) is 11.6 Å². The summed E-state index contributed by atoms with van der Waals surface area (Å²) in [5.74, 6) is -2.12. The second-order valence-corrected chi connectivity index (χ2v) is 6.23. The van der Waals surface area contributed by atoms with Gasteiger partial charge in [0, 0.05) is 24.6 Å². The molecule has 0 amide bonds. The van der Waals surface area contributed by atoms with E-state index in [9.17, 15) is 18.7 Å². The maximum Gasteiger partial charge on any atom is 0.332 e. The van der Waals surface area contributed by atoms with Crippen molar-refractivity contribution < 1.29 is 33.6 Å². The Hall–Kier alpha value is -1.87. The largest absolute Gasteiger partial charge is 0.479 e. The van der Waals surface area contributed by atoms with Gasteiger partial charge in [-0.15, -0.1) is 0 Å². The molecule has 1 heterocycles. The first-order chi connectivity index (χ1) is 12.4. The standard InChI is InChI=1S/C18H23F2NO5/c19-12-3-4-14(20)11(8-12)2-1-7-21-15-5-6-16(18(24)25)26-17(15)9-13(23)10-22/h1-4,8,13,15-17,21-23H,5-7,9-10H2,(H,24,25)/t13-,15+,16-,17+/m0/s1. The molecule has 0 aromatic heterocycles. The number of halogens is 2. The molecular weight excluding hydrogens is 348 g/mol. The summed E-state index contributed by atoms with van der Waals surface area (Å²) >= 11 is 0. The number of aliphatic carboxylic acids is 1. The van der Waals surface area contributed by atoms with E-state index in [0.29, 0.717) is 19.4 Å². The van der Waals surface area contributed by atoms with Gasteiger partial charge in [0.2, 0.25) is 0 Å². The lowest BCUT2D eigenvalue weighted by Crippen LogP contribution is -2.50. The average Bonchev–Trinajstić information content (AvgIpc) is 2.62. The monoisotopic (exact) mass is 371 g/mol. The molecule has 1 aliphatic rings. The minimum atomic E-state index is -1.06. The van der Waals surface area contributed by atoms with Crippen LogP contribution in [0.5, 0.6) is 0 Å². The van der Waals surface area contributed by atoms with Crippen molar-refractivity contribution >= 4 is 12.0 Å². The first kappa shape index (κ1) is 20.4. The number of aliphatic hydroxyl groups is 2. The summed E-state index contributed by atoms with van der Waals surface area (Å²) in [4.78, 5) is 11.1. The van der Waals surface area contributed by atoms with Gasteiger partial charge in [0.25, 0.3) is 0 Å². The van der Waals surface area contributed by atoms with Gasteiger partial charge in [-0.05, 0) is 31.0 Å². The normalized spacial score (nSPS) is 24.7. The van der Waals surface area contributed by atoms with Crippen LogP contribution in [0.1, 0.15) is 24.8 Å². The topological polar surface area (TPSA) is 99.0 Å². The van der Waals surface area contributed by atoms with Crippen LogP contribution < -0.4 is 5.32 Å². The highest BCUT2D eigenvalue weighted by molar-refractivity contribution is 5.72. The molecule has 0 radical (unpaired) electrons. The Labute approximate surface area is 150 Å². The highest BCUT2D eigenvalue weighted by atomic mass is 19.1. The first-order valence-electron chi connectivity index (χ1n) is 8.43. The SMILES string of the molecule is O=C(O)[C@@H]1CC[C@@H](NCC=Cc2cc(F)ccc2F)[C@@H](C[C@H](O)CO)O1. The van der Waals surface area contributed by atoms with Crippen molar-refractivity contribution in [1.29, 1.82) is 0 Å². The van der Waals surface area contributed by atoms with Gasteiger partial charge in [0.15, 0.2) is 6.10 Å². The van der Waals surface area contributed by atoms with Crippen LogP contribution in [0.2, 0.25) is 0 Å². The van der Waals surface area contributed by atoms with Gasteiger partial charge >= 0.3 is 5.97 Å². The molecule has 0 spiro atoms. The molecule has 0 saturated carbocycles. The predicted octanol–water partition coefficient (Wildman–Crippen LogP) is 1.31. The van der Waals surface area contributed by atoms with Gasteiger partial charge in [-0.25, -0.2) is 13.6 Å². The zero-order chi connectivity index (χ0) is 19.1. The third-order valence-corrected chi connectivity index (χ3v) is 4.27. The van der Waals surface area contributed by atoms with Crippen molar-refractivity contribution in [2.24, 2.45) is 0 Å². The molecule has 6 nitrogen and oxygen atoms in total. The number of hydrogen-bond acceptors (Lipinski definition) is 5. The lowest BCUT2D eigenvalue weighted by Gasteiger charge is -2.36. The zero-order valence-corrected chi connectivity index (χ0v) is 14.1. The van der Waals surface area contributed by atoms with Gasteiger partial charge in [-0.2, -0.15) is 0 Å². The fourth-order valence-electron chi connectivity index (χ4n) is 2.92. The van der Waals surface area contributed by atoms with Crippen LogP contribution in [-0.4, -0.2) is 58.8 Å². The van der Waals surface area contributed by atoms with E-state index in [1.54, 1.807) is 6.08 Å². The maximum atomic E-state index is 13.5. The molecule has 0 bridgehead atoms. The minimum Gasteiger partial charge on any atom is -0.479 e. The zero-order valence-electron chi connectivity index (χ0n) is 14.1. The van der Waals surface area contributed by atoms with Crippen LogP contribution in [0.3, 0.4) is 0 Å². The van der Waals surface area contributed by atoms with Gasteiger partial charge in [-0.3, -0.25) is 0 Å². The number of hydrogen-bond donors (Lipinski definition) is 4. The van der Waals surface area contributed by atoms with Crippen LogP contribution >= 0.6 is 0 Å². The second kappa shape index (κ2) is 9.72. The van der Waals surface area contributed by atoms with Gasteiger partial charge < -0.3 is 25.4 Å². The Balaban J connectivity index is 1.93. The van der Waals surface area contributed by atoms with E-state index in [-0.39, 0.29) is 18.0 Å². The lowest BCUT2D eigenvalue weighted by molar-refractivity contribution is -0.163. The first-order valence-corrected chi connectivity index (χ1v) is 8.43. The van der Waals surface area contributed by atoms with Crippen molar-refractivity contribution in [3.8, 4) is 0 Å². The van der Waals surface area contributed by atoms with Crippen molar-refractivity contribution in [1.82, 2.24) is 5.32 Å². The number of carboxylic acids is 1. The molecule has 144 valence electrons. The molecule has 1 saturated heterocycles. The Bertz CT molecular complexity index is 640. The van der Waals surface area contributed by atoms with E-state index in [1.165, 1.54) is 6.08 Å². The molecule has 0 unspecified atom stereocenters. The summed E-state index contributed by atoms with van der Waals surface area (Å²) in [5.41, 5.74) is 0.130. The quantitative estimate of drug-likeness (QED) is 0.550. The molecule has 0 aliphatic carbocycles. The summed E-state index contributed by atoms with van der Waals surface area (Å²) in [5, 5.41) is 30.9. The Kier molecular flexibility index (Phi) is 7.65. The maximum absolute atomic E-state index is 13.5. The summed E-state index contributed by atoms with van der Waals surface area (Å²) in [6, 6.07) is 2.96. The van der Waals surface area contributed by atoms with Crippen molar-refractivity contribution in [3.05, 3.63) is 41.5 Å². The minimum absolute atomic E-state index is 0.0974. The lowest BCUT2D eigenvalue weighted by atomic mass is 9.94. The molecular formula is C18H23F2NO5. The fourth-order valence-corrected chi connectivity index (χ4v) is 2.92. The Morgan fingerprint density at radius 3 is 2.85 bits per heavy atom. The molecule has 4 N–H and O–H groups in total. The molecule has 8 heteroatoms. The third kappa shape index (κ3) is 5.84. The van der Waals surface area contributed by atoms with Crippen molar-refractivity contribution in [2.45, 2.75) is 43.6 Å². The van der Waals surface area contributed by atoms with Crippen molar-refractivity contribution in [2.75, 3.05) is 13.2 Å². The smallest absolute Gasteiger partial charge is 0.332 e. The number of carboxylic acid groups (broad SMARTS) is 1. The molecule has 1 aromatic carbocycles. The number of carbonyl (C=O) groups is 1. The van der Waals surface area contributed by atoms with Crippen LogP contribution in [0.4, 0.5) is 8.78 Å². The van der Waals surface area contributed by atoms with E-state index in [4.69, 9.17) is 14.9 Å². The van der Waals surface area contributed by atoms with Crippen LogP contribution in [0.15, 0.2) is 24.3 Å². The molecule has 1 aromatic rings. The Morgan fingerprint density at radius 1 is 1.38 bits per heavy atom. The fraction of sp³-hybridized carbons (Fsp3) is 0.500. The summed E-state index contributed by atoms with van der Waals surface area (Å²) in [6.45, 7) is -0.115. The van der Waals surface area contributed by atoms with Gasteiger partial charge in [0.05, 0.1) is 18.8 Å². The number of rotatable bonds is 8.